The monoisotopic (exact) mass is 462 g/mol. The van der Waals surface area contributed by atoms with Crippen molar-refractivity contribution in [1.29, 1.82) is 0 Å². The van der Waals surface area contributed by atoms with Gasteiger partial charge in [-0.3, -0.25) is 28.9 Å². The predicted molar refractivity (Wildman–Crippen MR) is 125 cm³/mol. The highest BCUT2D eigenvalue weighted by molar-refractivity contribution is 6.21. The van der Waals surface area contributed by atoms with Gasteiger partial charge in [-0.1, -0.05) is 24.3 Å². The summed E-state index contributed by atoms with van der Waals surface area (Å²) in [6.45, 7) is 1.77. The lowest BCUT2D eigenvalue weighted by molar-refractivity contribution is -0.134. The number of fused-ring (bicyclic) bond motifs is 2. The lowest BCUT2D eigenvalue weighted by atomic mass is 10.1. The number of carbonyl (C=O) groups is 5. The van der Waals surface area contributed by atoms with E-state index >= 15 is 0 Å². The van der Waals surface area contributed by atoms with Gasteiger partial charge in [0, 0.05) is 32.5 Å². The molecule has 0 aliphatic carbocycles. The molecular weight excluding hydrogens is 436 g/mol. The first-order chi connectivity index (χ1) is 16.3. The fourth-order valence-corrected chi connectivity index (χ4v) is 4.36. The van der Waals surface area contributed by atoms with Crippen molar-refractivity contribution < 1.29 is 24.0 Å². The second kappa shape index (κ2) is 9.46. The molecule has 0 saturated heterocycles. The number of imide groups is 1. The molecular formula is C25H26N4O5. The first kappa shape index (κ1) is 23.2. The third-order valence-corrected chi connectivity index (χ3v) is 6.08. The molecule has 2 aromatic rings. The molecule has 176 valence electrons. The summed E-state index contributed by atoms with van der Waals surface area (Å²) in [4.78, 5) is 66.9. The minimum absolute atomic E-state index is 0.0867. The second-order valence-corrected chi connectivity index (χ2v) is 8.54. The average molecular weight is 463 g/mol. The lowest BCUT2D eigenvalue weighted by Gasteiger charge is -2.29. The molecule has 0 spiro atoms. The fraction of sp³-hybridized carbons (Fsp3) is 0.320. The summed E-state index contributed by atoms with van der Waals surface area (Å²) in [5, 5.41) is 2.81. The molecule has 0 radical (unpaired) electrons. The van der Waals surface area contributed by atoms with Crippen LogP contribution in [-0.4, -0.2) is 65.5 Å². The van der Waals surface area contributed by atoms with Crippen molar-refractivity contribution in [2.45, 2.75) is 32.2 Å². The van der Waals surface area contributed by atoms with Gasteiger partial charge in [0.1, 0.15) is 0 Å². The van der Waals surface area contributed by atoms with Gasteiger partial charge in [-0.25, -0.2) is 0 Å². The van der Waals surface area contributed by atoms with Crippen LogP contribution in [0.15, 0.2) is 48.5 Å². The smallest absolute Gasteiger partial charge is 0.261 e. The van der Waals surface area contributed by atoms with E-state index in [1.807, 2.05) is 0 Å². The molecule has 34 heavy (non-hydrogen) atoms. The van der Waals surface area contributed by atoms with Crippen LogP contribution < -0.4 is 10.2 Å². The summed E-state index contributed by atoms with van der Waals surface area (Å²) in [5.41, 5.74) is 1.90. The van der Waals surface area contributed by atoms with Crippen molar-refractivity contribution in [3.63, 3.8) is 0 Å². The highest BCUT2D eigenvalue weighted by Crippen LogP contribution is 2.31. The molecule has 1 N–H and O–H groups in total. The van der Waals surface area contributed by atoms with Gasteiger partial charge in [0.05, 0.1) is 29.0 Å². The highest BCUT2D eigenvalue weighted by Gasteiger charge is 2.35. The van der Waals surface area contributed by atoms with Gasteiger partial charge in [0.15, 0.2) is 0 Å². The number of hydrogen-bond donors (Lipinski definition) is 1. The molecule has 0 fully saturated rings. The minimum atomic E-state index is -0.367. The van der Waals surface area contributed by atoms with E-state index in [-0.39, 0.29) is 61.5 Å². The Morgan fingerprint density at radius 1 is 1.00 bits per heavy atom. The molecule has 2 aromatic carbocycles. The fourth-order valence-electron chi connectivity index (χ4n) is 4.36. The van der Waals surface area contributed by atoms with Crippen LogP contribution in [0.3, 0.4) is 0 Å². The zero-order chi connectivity index (χ0) is 24.4. The Balaban J connectivity index is 1.34. The Morgan fingerprint density at radius 3 is 2.29 bits per heavy atom. The first-order valence-electron chi connectivity index (χ1n) is 11.2. The molecule has 9 heteroatoms. The van der Waals surface area contributed by atoms with Crippen LogP contribution in [0.5, 0.6) is 0 Å². The molecule has 0 bridgehead atoms. The van der Waals surface area contributed by atoms with E-state index in [4.69, 9.17) is 0 Å². The number of rotatable bonds is 6. The SMILES string of the molecule is C[C@@H]1CC(=O)Nc2ccccc2N1C(=O)CN(C)C(=O)CCCN1C(=O)c2ccccc2C1=O. The van der Waals surface area contributed by atoms with E-state index in [2.05, 4.69) is 5.32 Å². The number of carbonyl (C=O) groups excluding carboxylic acids is 5. The van der Waals surface area contributed by atoms with Gasteiger partial charge >= 0.3 is 0 Å². The maximum Gasteiger partial charge on any atom is 0.261 e. The zero-order valence-corrected chi connectivity index (χ0v) is 19.1. The largest absolute Gasteiger partial charge is 0.336 e. The number of nitrogens with one attached hydrogen (secondary N) is 1. The molecule has 4 rings (SSSR count). The van der Waals surface area contributed by atoms with Crippen molar-refractivity contribution in [3.8, 4) is 0 Å². The zero-order valence-electron chi connectivity index (χ0n) is 19.1. The van der Waals surface area contributed by atoms with Crippen molar-refractivity contribution in [3.05, 3.63) is 59.7 Å². The number of nitrogens with zero attached hydrogens (tertiary/aromatic N) is 3. The quantitative estimate of drug-likeness (QED) is 0.663. The topological polar surface area (TPSA) is 107 Å². The van der Waals surface area contributed by atoms with Crippen LogP contribution in [-0.2, 0) is 14.4 Å². The summed E-state index contributed by atoms with van der Waals surface area (Å²) in [6.07, 6.45) is 0.534. The van der Waals surface area contributed by atoms with E-state index in [1.165, 1.54) is 4.90 Å². The van der Waals surface area contributed by atoms with Crippen molar-refractivity contribution in [1.82, 2.24) is 9.80 Å². The van der Waals surface area contributed by atoms with Gasteiger partial charge < -0.3 is 15.1 Å². The van der Waals surface area contributed by atoms with Crippen LogP contribution in [0.4, 0.5) is 11.4 Å². The number of hydrogen-bond acceptors (Lipinski definition) is 5. The molecule has 2 heterocycles. The van der Waals surface area contributed by atoms with Crippen LogP contribution in [0.2, 0.25) is 0 Å². The van der Waals surface area contributed by atoms with E-state index in [9.17, 15) is 24.0 Å². The predicted octanol–water partition coefficient (Wildman–Crippen LogP) is 2.29. The summed E-state index contributed by atoms with van der Waals surface area (Å²) >= 11 is 0. The second-order valence-electron chi connectivity index (χ2n) is 8.54. The Kier molecular flexibility index (Phi) is 6.45. The van der Waals surface area contributed by atoms with Crippen molar-refractivity contribution in [2.24, 2.45) is 0 Å². The maximum absolute atomic E-state index is 13.1. The third-order valence-electron chi connectivity index (χ3n) is 6.08. The molecule has 0 unspecified atom stereocenters. The van der Waals surface area contributed by atoms with Gasteiger partial charge in [-0.15, -0.1) is 0 Å². The number of likely N-dealkylation sites (N-methyl/N-ethyl adjacent to an activating group) is 1. The third kappa shape index (κ3) is 4.41. The van der Waals surface area contributed by atoms with Crippen LogP contribution in [0, 0.1) is 0 Å². The Labute approximate surface area is 197 Å². The lowest BCUT2D eigenvalue weighted by Crippen LogP contribution is -2.45. The van der Waals surface area contributed by atoms with E-state index < -0.39 is 0 Å². The van der Waals surface area contributed by atoms with Crippen molar-refractivity contribution in [2.75, 3.05) is 30.4 Å². The molecule has 1 atom stereocenters. The van der Waals surface area contributed by atoms with Gasteiger partial charge in [0.2, 0.25) is 17.7 Å². The Morgan fingerprint density at radius 2 is 1.62 bits per heavy atom. The van der Waals surface area contributed by atoms with Crippen LogP contribution in [0.1, 0.15) is 46.9 Å². The van der Waals surface area contributed by atoms with Gasteiger partial charge in [-0.2, -0.15) is 0 Å². The van der Waals surface area contributed by atoms with E-state index in [1.54, 1.807) is 67.4 Å². The van der Waals surface area contributed by atoms with E-state index in [0.29, 0.717) is 28.9 Å². The van der Waals surface area contributed by atoms with Crippen molar-refractivity contribution >= 4 is 40.9 Å². The molecule has 2 aliphatic rings. The summed E-state index contributed by atoms with van der Waals surface area (Å²) in [6, 6.07) is 13.3. The average Bonchev–Trinajstić information content (AvgIpc) is 2.96. The molecule has 0 saturated carbocycles. The molecule has 2 aliphatic heterocycles. The van der Waals surface area contributed by atoms with Gasteiger partial charge in [0.25, 0.3) is 11.8 Å². The summed E-state index contributed by atoms with van der Waals surface area (Å²) in [7, 11) is 1.54. The standard InChI is InChI=1S/C25H26N4O5/c1-16-14-21(30)26-19-10-5-6-11-20(19)29(16)23(32)15-27(2)22(31)12-7-13-28-24(33)17-8-3-4-9-18(17)25(28)34/h3-6,8-11,16H,7,12-15H2,1-2H3,(H,26,30)/t16-/m1/s1. The maximum atomic E-state index is 13.1. The number of amides is 5. The molecule has 5 amide bonds. The summed E-state index contributed by atoms with van der Waals surface area (Å²) < 4.78 is 0. The Bertz CT molecular complexity index is 1140. The highest BCUT2D eigenvalue weighted by atomic mass is 16.2. The molecule has 0 aromatic heterocycles. The summed E-state index contributed by atoms with van der Waals surface area (Å²) in [5.74, 6) is -1.45. The molecule has 9 nitrogen and oxygen atoms in total. The van der Waals surface area contributed by atoms with Crippen LogP contribution in [0.25, 0.3) is 0 Å². The normalized spacial score (nSPS) is 17.1. The van der Waals surface area contributed by atoms with Crippen LogP contribution >= 0.6 is 0 Å². The number of anilines is 2. The number of benzene rings is 2. The van der Waals surface area contributed by atoms with E-state index in [0.717, 1.165) is 4.90 Å². The first-order valence-corrected chi connectivity index (χ1v) is 11.2. The number of para-hydroxylation sites is 2. The minimum Gasteiger partial charge on any atom is -0.336 e. The Hall–Kier alpha value is -4.01. The van der Waals surface area contributed by atoms with Gasteiger partial charge in [-0.05, 0) is 37.6 Å².